The Bertz CT molecular complexity index is 414. The second kappa shape index (κ2) is 6.80. The van der Waals surface area contributed by atoms with E-state index in [0.29, 0.717) is 19.0 Å². The molecule has 1 aliphatic carbocycles. The predicted octanol–water partition coefficient (Wildman–Crippen LogP) is 4.30. The number of benzene rings is 1. The number of hydrogen-bond acceptors (Lipinski definition) is 2. The topological polar surface area (TPSA) is 12.0 Å². The molecule has 0 saturated heterocycles. The first-order chi connectivity index (χ1) is 9.44. The lowest BCUT2D eigenvalue weighted by Crippen LogP contribution is -2.24. The maximum Gasteiger partial charge on any atom is 0.441 e. The Morgan fingerprint density at radius 3 is 2.40 bits per heavy atom. The minimum Gasteiger partial charge on any atom is -0.313 e. The third-order valence-electron chi connectivity index (χ3n) is 3.30. The molecule has 0 aliphatic heterocycles. The molecule has 1 aromatic carbocycles. The minimum atomic E-state index is -4.18. The van der Waals surface area contributed by atoms with Gasteiger partial charge in [-0.2, -0.15) is 13.2 Å². The van der Waals surface area contributed by atoms with Crippen LogP contribution in [0.5, 0.6) is 0 Å². The highest BCUT2D eigenvalue weighted by atomic mass is 32.2. The molecule has 0 radical (unpaired) electrons. The van der Waals surface area contributed by atoms with Gasteiger partial charge in [0.25, 0.3) is 0 Å². The summed E-state index contributed by atoms with van der Waals surface area (Å²) in [5.41, 5.74) is -3.29. The van der Waals surface area contributed by atoms with Crippen LogP contribution in [0.15, 0.2) is 24.3 Å². The van der Waals surface area contributed by atoms with Crippen LogP contribution in [0.25, 0.3) is 0 Å². The van der Waals surface area contributed by atoms with Gasteiger partial charge < -0.3 is 5.32 Å². The molecule has 1 saturated carbocycles. The van der Waals surface area contributed by atoms with E-state index >= 15 is 0 Å². The molecule has 0 aromatic heterocycles. The average Bonchev–Trinajstić information content (AvgIpc) is 3.17. The quantitative estimate of drug-likeness (QED) is 0.754. The summed E-state index contributed by atoms with van der Waals surface area (Å²) in [5.74, 6) is -0.309. The molecule has 0 heterocycles. The summed E-state index contributed by atoms with van der Waals surface area (Å²) in [5, 5.41) is 3.33. The Balaban J connectivity index is 1.90. The lowest BCUT2D eigenvalue weighted by atomic mass is 9.96. The Hall–Kier alpha value is -0.750. The van der Waals surface area contributed by atoms with Gasteiger partial charge in [-0.15, -0.1) is 0 Å². The van der Waals surface area contributed by atoms with E-state index in [0.717, 1.165) is 18.4 Å². The molecule has 1 nitrogen and oxygen atoms in total. The fourth-order valence-corrected chi connectivity index (χ4v) is 2.67. The first kappa shape index (κ1) is 15.6. The van der Waals surface area contributed by atoms with Gasteiger partial charge in [0.1, 0.15) is 5.82 Å². The monoisotopic (exact) mass is 307 g/mol. The molecule has 6 heteroatoms. The van der Waals surface area contributed by atoms with Crippen LogP contribution in [0.4, 0.5) is 17.6 Å². The highest BCUT2D eigenvalue weighted by molar-refractivity contribution is 8.00. The van der Waals surface area contributed by atoms with E-state index in [2.05, 4.69) is 5.32 Å². The summed E-state index contributed by atoms with van der Waals surface area (Å²) in [6.45, 7) is 0.648. The van der Waals surface area contributed by atoms with Gasteiger partial charge in [0.05, 0.1) is 0 Å². The first-order valence-electron chi connectivity index (χ1n) is 6.63. The zero-order valence-corrected chi connectivity index (χ0v) is 11.7. The smallest absolute Gasteiger partial charge is 0.313 e. The van der Waals surface area contributed by atoms with Gasteiger partial charge in [0, 0.05) is 18.3 Å². The molecule has 20 heavy (non-hydrogen) atoms. The standard InChI is InChI=1S/C14H17F4NS/c15-12-3-1-10(2-4-12)11(9-19-13-5-6-13)7-8-20-14(16,17)18/h1-4,11,13,19H,5-9H2. The van der Waals surface area contributed by atoms with Crippen LogP contribution in [-0.4, -0.2) is 23.8 Å². The molecule has 112 valence electrons. The van der Waals surface area contributed by atoms with E-state index in [9.17, 15) is 17.6 Å². The van der Waals surface area contributed by atoms with E-state index in [1.54, 1.807) is 12.1 Å². The molecule has 1 atom stereocenters. The van der Waals surface area contributed by atoms with E-state index in [1.165, 1.54) is 12.1 Å². The average molecular weight is 307 g/mol. The number of nitrogens with one attached hydrogen (secondary N) is 1. The Labute approximate surface area is 120 Å². The molecule has 1 N–H and O–H groups in total. The fourth-order valence-electron chi connectivity index (χ4n) is 2.03. The molecule has 1 fully saturated rings. The number of hydrogen-bond donors (Lipinski definition) is 1. The molecular formula is C14H17F4NS. The Kier molecular flexibility index (Phi) is 5.32. The Morgan fingerprint density at radius 1 is 1.20 bits per heavy atom. The van der Waals surface area contributed by atoms with Gasteiger partial charge in [-0.1, -0.05) is 23.9 Å². The van der Waals surface area contributed by atoms with E-state index in [-0.39, 0.29) is 29.2 Å². The van der Waals surface area contributed by atoms with Crippen LogP contribution in [-0.2, 0) is 0 Å². The van der Waals surface area contributed by atoms with Crippen molar-refractivity contribution in [1.82, 2.24) is 5.32 Å². The van der Waals surface area contributed by atoms with Crippen LogP contribution in [0.1, 0.15) is 30.7 Å². The summed E-state index contributed by atoms with van der Waals surface area (Å²) in [4.78, 5) is 0. The summed E-state index contributed by atoms with van der Waals surface area (Å²) in [7, 11) is 0. The summed E-state index contributed by atoms with van der Waals surface area (Å²) in [6, 6.07) is 6.54. The van der Waals surface area contributed by atoms with Crippen molar-refractivity contribution in [3.05, 3.63) is 35.6 Å². The lowest BCUT2D eigenvalue weighted by molar-refractivity contribution is -0.0328. The second-order valence-electron chi connectivity index (χ2n) is 5.01. The van der Waals surface area contributed by atoms with Crippen molar-refractivity contribution < 1.29 is 17.6 Å². The van der Waals surface area contributed by atoms with Gasteiger partial charge in [-0.05, 0) is 42.9 Å². The van der Waals surface area contributed by atoms with Gasteiger partial charge in [0.2, 0.25) is 0 Å². The molecule has 1 aromatic rings. The molecule has 0 amide bonds. The van der Waals surface area contributed by atoms with Crippen LogP contribution in [0.3, 0.4) is 0 Å². The Morgan fingerprint density at radius 2 is 1.85 bits per heavy atom. The van der Waals surface area contributed by atoms with Crippen molar-refractivity contribution in [2.24, 2.45) is 0 Å². The SMILES string of the molecule is Fc1ccc(C(CCSC(F)(F)F)CNC2CC2)cc1. The molecule has 1 unspecified atom stereocenters. The molecular weight excluding hydrogens is 290 g/mol. The van der Waals surface area contributed by atoms with Gasteiger partial charge >= 0.3 is 5.51 Å². The minimum absolute atomic E-state index is 0.00774. The van der Waals surface area contributed by atoms with Gasteiger partial charge in [-0.3, -0.25) is 0 Å². The normalized spacial score (nSPS) is 17.2. The van der Waals surface area contributed by atoms with Gasteiger partial charge in [0.15, 0.2) is 0 Å². The van der Waals surface area contributed by atoms with E-state index in [1.807, 2.05) is 0 Å². The second-order valence-corrected chi connectivity index (χ2v) is 6.17. The zero-order chi connectivity index (χ0) is 14.6. The van der Waals surface area contributed by atoms with Crippen LogP contribution in [0.2, 0.25) is 0 Å². The lowest BCUT2D eigenvalue weighted by Gasteiger charge is -2.18. The maximum atomic E-state index is 12.9. The first-order valence-corrected chi connectivity index (χ1v) is 7.62. The summed E-state index contributed by atoms with van der Waals surface area (Å²) >= 11 is 0.00774. The van der Waals surface area contributed by atoms with E-state index < -0.39 is 5.51 Å². The number of rotatable bonds is 7. The third kappa shape index (κ3) is 5.71. The van der Waals surface area contributed by atoms with Gasteiger partial charge in [-0.25, -0.2) is 4.39 Å². The van der Waals surface area contributed by atoms with Crippen LogP contribution < -0.4 is 5.32 Å². The highest BCUT2D eigenvalue weighted by Crippen LogP contribution is 2.33. The number of halogens is 4. The maximum absolute atomic E-state index is 12.9. The number of alkyl halides is 3. The highest BCUT2D eigenvalue weighted by Gasteiger charge is 2.28. The third-order valence-corrected chi connectivity index (χ3v) is 4.07. The predicted molar refractivity (Wildman–Crippen MR) is 73.3 cm³/mol. The largest absolute Gasteiger partial charge is 0.441 e. The summed E-state index contributed by atoms with van der Waals surface area (Å²) < 4.78 is 49.5. The molecule has 1 aliphatic rings. The van der Waals surface area contributed by atoms with Crippen molar-refractivity contribution in [3.63, 3.8) is 0 Å². The van der Waals surface area contributed by atoms with Crippen LogP contribution in [0, 0.1) is 5.82 Å². The van der Waals surface area contributed by atoms with E-state index in [4.69, 9.17) is 0 Å². The van der Waals surface area contributed by atoms with Crippen molar-refractivity contribution in [2.45, 2.75) is 36.7 Å². The molecule has 0 bridgehead atoms. The zero-order valence-electron chi connectivity index (χ0n) is 10.9. The molecule has 2 rings (SSSR count). The summed E-state index contributed by atoms with van der Waals surface area (Å²) in [6.07, 6.45) is 2.69. The fraction of sp³-hybridized carbons (Fsp3) is 0.571. The van der Waals surface area contributed by atoms with Crippen molar-refractivity contribution in [3.8, 4) is 0 Å². The molecule has 0 spiro atoms. The van der Waals surface area contributed by atoms with Crippen molar-refractivity contribution >= 4 is 11.8 Å². The number of thioether (sulfide) groups is 1. The van der Waals surface area contributed by atoms with Crippen molar-refractivity contribution in [1.29, 1.82) is 0 Å². The van der Waals surface area contributed by atoms with Crippen molar-refractivity contribution in [2.75, 3.05) is 12.3 Å². The van der Waals surface area contributed by atoms with Crippen LogP contribution >= 0.6 is 11.8 Å².